The average molecular weight is 875 g/mol. The van der Waals surface area contributed by atoms with Gasteiger partial charge in [-0.25, -0.2) is 19.9 Å². The predicted molar refractivity (Wildman–Crippen MR) is 280 cm³/mol. The minimum atomic E-state index is 0.847. The van der Waals surface area contributed by atoms with Gasteiger partial charge in [-0.1, -0.05) is 170 Å². The van der Waals surface area contributed by atoms with Crippen LogP contribution in [-0.2, 0) is 0 Å². The Bertz CT molecular complexity index is 3580. The number of hydrogen-bond acceptors (Lipinski definition) is 4. The molecule has 0 aliphatic rings. The molecule has 0 aliphatic carbocycles. The summed E-state index contributed by atoms with van der Waals surface area (Å²) in [7, 11) is 0. The van der Waals surface area contributed by atoms with Gasteiger partial charge in [0.05, 0.1) is 44.5 Å². The van der Waals surface area contributed by atoms with Crippen LogP contribution in [0.5, 0.6) is 0 Å². The molecular weight excluding hydrogens is 829 g/mol. The molecular formula is C62H46N6. The minimum Gasteiger partial charge on any atom is -0.292 e. The second-order valence-corrected chi connectivity index (χ2v) is 17.7. The molecule has 3 heterocycles. The fourth-order valence-corrected chi connectivity index (χ4v) is 9.64. The van der Waals surface area contributed by atoms with Gasteiger partial charge in [-0.15, -0.1) is 0 Å². The topological polar surface area (TPSA) is 61.4 Å². The highest BCUT2D eigenvalue weighted by molar-refractivity contribution is 5.91. The van der Waals surface area contributed by atoms with Gasteiger partial charge < -0.3 is 0 Å². The van der Waals surface area contributed by atoms with E-state index in [4.69, 9.17) is 19.9 Å². The van der Waals surface area contributed by atoms with Gasteiger partial charge in [-0.05, 0) is 109 Å². The smallest absolute Gasteiger partial charge is 0.145 e. The molecule has 0 fully saturated rings. The van der Waals surface area contributed by atoms with E-state index in [1.165, 1.54) is 22.3 Å². The number of rotatable bonds is 8. The third kappa shape index (κ3) is 7.06. The molecule has 6 nitrogen and oxygen atoms in total. The second-order valence-electron chi connectivity index (χ2n) is 17.7. The van der Waals surface area contributed by atoms with E-state index in [1.807, 2.05) is 24.3 Å². The Balaban J connectivity index is 0.848. The van der Waals surface area contributed by atoms with Crippen LogP contribution in [0.2, 0.25) is 0 Å². The quantitative estimate of drug-likeness (QED) is 0.153. The fourth-order valence-electron chi connectivity index (χ4n) is 9.64. The number of aryl methyl sites for hydroxylation is 4. The zero-order valence-corrected chi connectivity index (χ0v) is 38.3. The van der Waals surface area contributed by atoms with Crippen molar-refractivity contribution in [3.8, 4) is 78.9 Å². The molecule has 0 bridgehead atoms. The first-order valence-electron chi connectivity index (χ1n) is 23.1. The van der Waals surface area contributed by atoms with Crippen molar-refractivity contribution in [3.05, 3.63) is 229 Å². The molecule has 0 radical (unpaired) electrons. The third-order valence-electron chi connectivity index (χ3n) is 13.3. The van der Waals surface area contributed by atoms with Gasteiger partial charge in [-0.2, -0.15) is 0 Å². The van der Waals surface area contributed by atoms with Crippen LogP contribution in [0.1, 0.15) is 22.3 Å². The molecule has 0 saturated heterocycles. The maximum atomic E-state index is 5.23. The lowest BCUT2D eigenvalue weighted by Gasteiger charge is -2.13. The van der Waals surface area contributed by atoms with Crippen LogP contribution >= 0.6 is 0 Å². The van der Waals surface area contributed by atoms with Crippen molar-refractivity contribution >= 4 is 33.1 Å². The number of para-hydroxylation sites is 4. The Morgan fingerprint density at radius 2 is 0.559 bits per heavy atom. The maximum absolute atomic E-state index is 5.23. The minimum absolute atomic E-state index is 0.847. The maximum Gasteiger partial charge on any atom is 0.145 e. The molecule has 6 heteroatoms. The Labute approximate surface area is 395 Å². The van der Waals surface area contributed by atoms with Gasteiger partial charge in [0, 0.05) is 33.6 Å². The van der Waals surface area contributed by atoms with Gasteiger partial charge in [0.25, 0.3) is 0 Å². The van der Waals surface area contributed by atoms with Gasteiger partial charge in [-0.3, -0.25) is 9.13 Å². The highest BCUT2D eigenvalue weighted by Crippen LogP contribution is 2.37. The summed E-state index contributed by atoms with van der Waals surface area (Å²) in [5, 5.41) is 0. The summed E-state index contributed by atoms with van der Waals surface area (Å²) in [6.07, 6.45) is 0. The van der Waals surface area contributed by atoms with Gasteiger partial charge in [0.15, 0.2) is 0 Å². The van der Waals surface area contributed by atoms with E-state index >= 15 is 0 Å². The number of nitrogens with zero attached hydrogens (tertiary/aromatic N) is 6. The van der Waals surface area contributed by atoms with Gasteiger partial charge >= 0.3 is 0 Å². The van der Waals surface area contributed by atoms with Crippen LogP contribution in [0, 0.1) is 27.7 Å². The van der Waals surface area contributed by atoms with E-state index in [2.05, 4.69) is 219 Å². The summed E-state index contributed by atoms with van der Waals surface area (Å²) in [6.45, 7) is 8.60. The van der Waals surface area contributed by atoms with Crippen molar-refractivity contribution in [1.82, 2.24) is 29.1 Å². The number of benzene rings is 9. The third-order valence-corrected chi connectivity index (χ3v) is 13.3. The lowest BCUT2D eigenvalue weighted by Crippen LogP contribution is -1.98. The Morgan fingerprint density at radius 3 is 0.912 bits per heavy atom. The Hall–Kier alpha value is -8.74. The SMILES string of the molecule is Cc1ccc(C)c2c1nc(-c1ccc(-c3ccc(-c4nc5ccccc5nc4-c4ccc(-c5ccc(-c6nc7c(C)ccc(C)c7n6-c6ccccc6)cc5)cc4)cc3)cc1)n2-c1ccccc1. The van der Waals surface area contributed by atoms with Crippen LogP contribution < -0.4 is 0 Å². The van der Waals surface area contributed by atoms with E-state index in [9.17, 15) is 0 Å². The normalized spacial score (nSPS) is 11.5. The van der Waals surface area contributed by atoms with Crippen LogP contribution in [0.4, 0.5) is 0 Å². The molecule has 12 rings (SSSR count). The molecule has 0 unspecified atom stereocenters. The Kier molecular flexibility index (Phi) is 9.95. The molecule has 0 saturated carbocycles. The zero-order chi connectivity index (χ0) is 45.9. The molecule has 9 aromatic carbocycles. The predicted octanol–water partition coefficient (Wildman–Crippen LogP) is 15.5. The average Bonchev–Trinajstić information content (AvgIpc) is 4.02. The molecule has 324 valence electrons. The molecule has 0 N–H and O–H groups in total. The summed E-state index contributed by atoms with van der Waals surface area (Å²) in [4.78, 5) is 20.9. The monoisotopic (exact) mass is 874 g/mol. The van der Waals surface area contributed by atoms with Gasteiger partial charge in [0.1, 0.15) is 11.6 Å². The summed E-state index contributed by atoms with van der Waals surface area (Å²) >= 11 is 0. The molecule has 0 atom stereocenters. The summed E-state index contributed by atoms with van der Waals surface area (Å²) in [5.41, 5.74) is 23.3. The van der Waals surface area contributed by atoms with Crippen LogP contribution in [-0.4, -0.2) is 29.1 Å². The lowest BCUT2D eigenvalue weighted by atomic mass is 9.97. The summed E-state index contributed by atoms with van der Waals surface area (Å²) in [6, 6.07) is 72.7. The van der Waals surface area contributed by atoms with E-state index in [0.717, 1.165) is 112 Å². The van der Waals surface area contributed by atoms with Crippen molar-refractivity contribution in [3.63, 3.8) is 0 Å². The first-order valence-corrected chi connectivity index (χ1v) is 23.1. The van der Waals surface area contributed by atoms with Crippen molar-refractivity contribution in [1.29, 1.82) is 0 Å². The van der Waals surface area contributed by atoms with Crippen molar-refractivity contribution in [2.45, 2.75) is 27.7 Å². The highest BCUT2D eigenvalue weighted by Gasteiger charge is 2.20. The molecule has 3 aromatic heterocycles. The largest absolute Gasteiger partial charge is 0.292 e. The molecule has 0 aliphatic heterocycles. The first-order chi connectivity index (χ1) is 33.4. The summed E-state index contributed by atoms with van der Waals surface area (Å²) < 4.78 is 4.59. The molecule has 68 heavy (non-hydrogen) atoms. The van der Waals surface area contributed by atoms with Crippen molar-refractivity contribution in [2.24, 2.45) is 0 Å². The van der Waals surface area contributed by atoms with E-state index in [-0.39, 0.29) is 0 Å². The van der Waals surface area contributed by atoms with E-state index in [0.29, 0.717) is 0 Å². The summed E-state index contributed by atoms with van der Waals surface area (Å²) in [5.74, 6) is 1.86. The van der Waals surface area contributed by atoms with Crippen LogP contribution in [0.25, 0.3) is 112 Å². The highest BCUT2D eigenvalue weighted by atomic mass is 15.1. The number of fused-ring (bicyclic) bond motifs is 3. The molecule has 0 amide bonds. The van der Waals surface area contributed by atoms with Crippen molar-refractivity contribution < 1.29 is 0 Å². The van der Waals surface area contributed by atoms with Crippen molar-refractivity contribution in [2.75, 3.05) is 0 Å². The lowest BCUT2D eigenvalue weighted by molar-refractivity contribution is 1.10. The zero-order valence-electron chi connectivity index (χ0n) is 38.3. The fraction of sp³-hybridized carbons (Fsp3) is 0.0645. The molecule has 0 spiro atoms. The second kappa shape index (κ2) is 16.6. The number of imidazole rings is 2. The van der Waals surface area contributed by atoms with Crippen LogP contribution in [0.15, 0.2) is 206 Å². The first kappa shape index (κ1) is 40.7. The molecule has 12 aromatic rings. The van der Waals surface area contributed by atoms with Crippen LogP contribution in [0.3, 0.4) is 0 Å². The standard InChI is InChI=1S/C62H46N6/c1-39-19-21-41(3)59-55(39)65-61(67(59)51-13-7-5-8-14-51)49-35-27-45(28-36-49)43-23-31-47(32-24-43)57-58(64-54-18-12-11-17-53(54)63-57)48-33-25-44(26-34-48)46-29-37-50(38-30-46)62-66-56-40(2)20-22-42(4)60(56)68(62)52-15-9-6-10-16-52/h5-38H,1-4H3. The van der Waals surface area contributed by atoms with E-state index < -0.39 is 0 Å². The van der Waals surface area contributed by atoms with E-state index in [1.54, 1.807) is 0 Å². The number of hydrogen-bond donors (Lipinski definition) is 0. The Morgan fingerprint density at radius 1 is 0.265 bits per heavy atom. The number of aromatic nitrogens is 6. The van der Waals surface area contributed by atoms with Gasteiger partial charge in [0.2, 0.25) is 0 Å².